The molecular formula is C10H11ClO2S2. The average molecular weight is 263 g/mol. The van der Waals surface area contributed by atoms with E-state index < -0.39 is 0 Å². The van der Waals surface area contributed by atoms with Gasteiger partial charge in [-0.3, -0.25) is 0 Å². The average Bonchev–Trinajstić information content (AvgIpc) is 2.16. The molecule has 1 rings (SSSR count). The van der Waals surface area contributed by atoms with E-state index in [0.29, 0.717) is 11.6 Å². The fourth-order valence-electron chi connectivity index (χ4n) is 0.951. The van der Waals surface area contributed by atoms with Gasteiger partial charge in [0.2, 0.25) is 4.38 Å². The van der Waals surface area contributed by atoms with Crippen molar-refractivity contribution in [3.63, 3.8) is 0 Å². The molecule has 5 heteroatoms. The summed E-state index contributed by atoms with van der Waals surface area (Å²) in [6, 6.07) is 7.14. The molecule has 0 spiro atoms. The van der Waals surface area contributed by atoms with Crippen LogP contribution in [0, 0.1) is 0 Å². The van der Waals surface area contributed by atoms with Crippen molar-refractivity contribution in [2.24, 2.45) is 0 Å². The summed E-state index contributed by atoms with van der Waals surface area (Å²) in [5.74, 6) is 0.750. The van der Waals surface area contributed by atoms with Crippen LogP contribution in [0.3, 0.4) is 0 Å². The standard InChI is InChI=1S/C10H11ClO2S2/c1-7(13-10(14)15)6-12-9-4-2-8(11)3-5-9/h2-5,7H,6H2,1H3,(H,14,15). The van der Waals surface area contributed by atoms with Crippen LogP contribution in [0.2, 0.25) is 5.02 Å². The zero-order valence-corrected chi connectivity index (χ0v) is 10.6. The third-order valence-electron chi connectivity index (χ3n) is 1.60. The number of benzene rings is 1. The van der Waals surface area contributed by atoms with Crippen LogP contribution < -0.4 is 4.74 Å². The molecule has 0 aliphatic carbocycles. The number of ether oxygens (including phenoxy) is 2. The van der Waals surface area contributed by atoms with E-state index in [1.807, 2.05) is 6.92 Å². The Balaban J connectivity index is 2.36. The third-order valence-corrected chi connectivity index (χ3v) is 2.05. The molecule has 0 radical (unpaired) electrons. The van der Waals surface area contributed by atoms with Gasteiger partial charge in [0.05, 0.1) is 0 Å². The summed E-state index contributed by atoms with van der Waals surface area (Å²) in [5.41, 5.74) is 0. The Bertz CT molecular complexity index is 327. The highest BCUT2D eigenvalue weighted by molar-refractivity contribution is 8.10. The van der Waals surface area contributed by atoms with Crippen LogP contribution in [0.15, 0.2) is 24.3 Å². The molecule has 1 aromatic rings. The molecule has 0 aliphatic rings. The van der Waals surface area contributed by atoms with Crippen molar-refractivity contribution in [2.45, 2.75) is 13.0 Å². The summed E-state index contributed by atoms with van der Waals surface area (Å²) in [4.78, 5) is 0. The molecule has 2 nitrogen and oxygen atoms in total. The zero-order valence-electron chi connectivity index (χ0n) is 8.14. The minimum absolute atomic E-state index is 0.120. The molecule has 0 aliphatic heterocycles. The fraction of sp³-hybridized carbons (Fsp3) is 0.300. The highest BCUT2D eigenvalue weighted by Gasteiger charge is 2.04. The SMILES string of the molecule is CC(COc1ccc(Cl)cc1)OC(=S)S. The van der Waals surface area contributed by atoms with Crippen molar-refractivity contribution in [2.75, 3.05) is 6.61 Å². The minimum Gasteiger partial charge on any atom is -0.490 e. The first kappa shape index (κ1) is 12.6. The Morgan fingerprint density at radius 2 is 2.07 bits per heavy atom. The van der Waals surface area contributed by atoms with Gasteiger partial charge in [-0.25, -0.2) is 0 Å². The lowest BCUT2D eigenvalue weighted by Gasteiger charge is -2.13. The minimum atomic E-state index is -0.120. The number of halogens is 1. The second-order valence-electron chi connectivity index (χ2n) is 2.96. The molecule has 1 unspecified atom stereocenters. The van der Waals surface area contributed by atoms with Crippen LogP contribution in [-0.2, 0) is 4.74 Å². The molecule has 0 amide bonds. The third kappa shape index (κ3) is 5.25. The first-order chi connectivity index (χ1) is 7.08. The van der Waals surface area contributed by atoms with Gasteiger partial charge >= 0.3 is 0 Å². The molecular weight excluding hydrogens is 252 g/mol. The first-order valence-electron chi connectivity index (χ1n) is 4.36. The molecule has 0 heterocycles. The number of thiol groups is 1. The largest absolute Gasteiger partial charge is 0.490 e. The summed E-state index contributed by atoms with van der Waals surface area (Å²) < 4.78 is 10.8. The molecule has 0 bridgehead atoms. The van der Waals surface area contributed by atoms with Crippen LogP contribution in [0.25, 0.3) is 0 Å². The fourth-order valence-corrected chi connectivity index (χ4v) is 1.42. The maximum absolute atomic E-state index is 5.74. The van der Waals surface area contributed by atoms with E-state index in [0.717, 1.165) is 5.75 Å². The number of hydrogen-bond donors (Lipinski definition) is 1. The lowest BCUT2D eigenvalue weighted by Crippen LogP contribution is -2.18. The monoisotopic (exact) mass is 262 g/mol. The van der Waals surface area contributed by atoms with Gasteiger partial charge in [-0.2, -0.15) is 0 Å². The molecule has 0 aromatic heterocycles. The van der Waals surface area contributed by atoms with Gasteiger partial charge in [0.15, 0.2) is 0 Å². The molecule has 0 fully saturated rings. The predicted molar refractivity (Wildman–Crippen MR) is 69.1 cm³/mol. The summed E-state index contributed by atoms with van der Waals surface area (Å²) >= 11 is 14.3. The van der Waals surface area contributed by atoms with E-state index in [2.05, 4.69) is 24.8 Å². The van der Waals surface area contributed by atoms with E-state index in [9.17, 15) is 0 Å². The normalized spacial score (nSPS) is 11.9. The van der Waals surface area contributed by atoms with Crippen molar-refractivity contribution < 1.29 is 9.47 Å². The van der Waals surface area contributed by atoms with Crippen LogP contribution in [-0.4, -0.2) is 17.1 Å². The summed E-state index contributed by atoms with van der Waals surface area (Å²) in [6.07, 6.45) is -0.120. The van der Waals surface area contributed by atoms with Gasteiger partial charge in [0, 0.05) is 5.02 Å². The Morgan fingerprint density at radius 1 is 1.47 bits per heavy atom. The van der Waals surface area contributed by atoms with Crippen molar-refractivity contribution in [1.82, 2.24) is 0 Å². The topological polar surface area (TPSA) is 18.5 Å². The second-order valence-corrected chi connectivity index (χ2v) is 4.48. The number of rotatable bonds is 4. The highest BCUT2D eigenvalue weighted by Crippen LogP contribution is 2.15. The van der Waals surface area contributed by atoms with Crippen LogP contribution in [0.1, 0.15) is 6.92 Å². The molecule has 0 N–H and O–H groups in total. The molecule has 0 saturated carbocycles. The van der Waals surface area contributed by atoms with Crippen LogP contribution in [0.4, 0.5) is 0 Å². The Hall–Kier alpha value is -0.450. The van der Waals surface area contributed by atoms with Gasteiger partial charge in [-0.1, -0.05) is 24.2 Å². The lowest BCUT2D eigenvalue weighted by atomic mass is 10.3. The summed E-state index contributed by atoms with van der Waals surface area (Å²) in [7, 11) is 0. The first-order valence-corrected chi connectivity index (χ1v) is 5.59. The van der Waals surface area contributed by atoms with Crippen molar-refractivity contribution in [1.29, 1.82) is 0 Å². The number of thiocarbonyl (C=S) groups is 1. The van der Waals surface area contributed by atoms with Gasteiger partial charge in [-0.15, -0.1) is 0 Å². The van der Waals surface area contributed by atoms with E-state index in [-0.39, 0.29) is 10.5 Å². The van der Waals surface area contributed by atoms with E-state index in [1.54, 1.807) is 24.3 Å². The van der Waals surface area contributed by atoms with Gasteiger partial charge in [-0.05, 0) is 43.4 Å². The summed E-state index contributed by atoms with van der Waals surface area (Å²) in [6.45, 7) is 2.28. The van der Waals surface area contributed by atoms with E-state index in [4.69, 9.17) is 21.1 Å². The van der Waals surface area contributed by atoms with Gasteiger partial charge < -0.3 is 9.47 Å². The summed E-state index contributed by atoms with van der Waals surface area (Å²) in [5, 5.41) is 0.684. The predicted octanol–water partition coefficient (Wildman–Crippen LogP) is 3.34. The zero-order chi connectivity index (χ0) is 11.3. The lowest BCUT2D eigenvalue weighted by molar-refractivity contribution is 0.141. The van der Waals surface area contributed by atoms with Crippen LogP contribution >= 0.6 is 36.4 Å². The Labute approximate surface area is 105 Å². The smallest absolute Gasteiger partial charge is 0.217 e. The Kier molecular flexibility index (Phi) is 5.22. The molecule has 1 atom stereocenters. The molecule has 15 heavy (non-hydrogen) atoms. The number of hydrogen-bond acceptors (Lipinski definition) is 3. The molecule has 1 aromatic carbocycles. The van der Waals surface area contributed by atoms with E-state index >= 15 is 0 Å². The van der Waals surface area contributed by atoms with Gasteiger partial charge in [0.1, 0.15) is 18.5 Å². The van der Waals surface area contributed by atoms with Crippen molar-refractivity contribution in [3.8, 4) is 5.75 Å². The maximum atomic E-state index is 5.74. The molecule has 82 valence electrons. The Morgan fingerprint density at radius 3 is 2.60 bits per heavy atom. The second kappa shape index (κ2) is 6.20. The molecule has 0 saturated heterocycles. The van der Waals surface area contributed by atoms with Gasteiger partial charge in [0.25, 0.3) is 0 Å². The van der Waals surface area contributed by atoms with Crippen LogP contribution in [0.5, 0.6) is 5.75 Å². The van der Waals surface area contributed by atoms with E-state index in [1.165, 1.54) is 0 Å². The highest BCUT2D eigenvalue weighted by atomic mass is 35.5. The maximum Gasteiger partial charge on any atom is 0.217 e. The van der Waals surface area contributed by atoms with Crippen molar-refractivity contribution in [3.05, 3.63) is 29.3 Å². The van der Waals surface area contributed by atoms with Crippen molar-refractivity contribution >= 4 is 40.8 Å². The quantitative estimate of drug-likeness (QED) is 0.663.